The van der Waals surface area contributed by atoms with Gasteiger partial charge in [0.05, 0.1) is 6.61 Å². The van der Waals surface area contributed by atoms with Crippen LogP contribution in [0.25, 0.3) is 0 Å². The molecule has 0 aromatic heterocycles. The maximum Gasteiger partial charge on any atom is 0.0527 e. The minimum atomic E-state index is 0.342. The highest BCUT2D eigenvalue weighted by molar-refractivity contribution is 9.09. The summed E-state index contributed by atoms with van der Waals surface area (Å²) in [4.78, 5) is 0. The fourth-order valence-corrected chi connectivity index (χ4v) is 1.55. The highest BCUT2D eigenvalue weighted by Crippen LogP contribution is 2.30. The number of rotatable bonds is 6. The first-order valence-corrected chi connectivity index (χ1v) is 5.96. The molecule has 0 radical (unpaired) electrons. The first-order chi connectivity index (χ1) is 5.70. The lowest BCUT2D eigenvalue weighted by atomic mass is 9.92. The Morgan fingerprint density at radius 3 is 2.58 bits per heavy atom. The monoisotopic (exact) mass is 234 g/mol. The molecule has 1 aliphatic carbocycles. The first-order valence-electron chi connectivity index (χ1n) is 4.84. The van der Waals surface area contributed by atoms with Gasteiger partial charge in [-0.1, -0.05) is 29.8 Å². The largest absolute Gasteiger partial charge is 0.381 e. The van der Waals surface area contributed by atoms with Crippen LogP contribution in [0.15, 0.2) is 0 Å². The molecule has 2 heteroatoms. The van der Waals surface area contributed by atoms with Crippen LogP contribution >= 0.6 is 15.9 Å². The molecule has 1 rings (SSSR count). The summed E-state index contributed by atoms with van der Waals surface area (Å²) in [7, 11) is 0. The van der Waals surface area contributed by atoms with Gasteiger partial charge in [0.2, 0.25) is 0 Å². The van der Waals surface area contributed by atoms with Crippen molar-refractivity contribution in [1.29, 1.82) is 0 Å². The lowest BCUT2D eigenvalue weighted by Crippen LogP contribution is -2.24. The minimum Gasteiger partial charge on any atom is -0.381 e. The Labute approximate surface area is 84.0 Å². The van der Waals surface area contributed by atoms with Crippen LogP contribution in [0.5, 0.6) is 0 Å². The van der Waals surface area contributed by atoms with Gasteiger partial charge < -0.3 is 4.74 Å². The maximum atomic E-state index is 5.67. The van der Waals surface area contributed by atoms with E-state index in [-0.39, 0.29) is 0 Å². The Bertz CT molecular complexity index is 128. The molecule has 1 unspecified atom stereocenters. The van der Waals surface area contributed by atoms with Crippen molar-refractivity contribution in [2.75, 3.05) is 18.5 Å². The molecule has 1 nitrogen and oxygen atoms in total. The first kappa shape index (κ1) is 10.5. The molecule has 0 spiro atoms. The molecule has 1 aliphatic rings. The van der Waals surface area contributed by atoms with Gasteiger partial charge in [0.15, 0.2) is 0 Å². The lowest BCUT2D eigenvalue weighted by Gasteiger charge is -2.25. The molecule has 12 heavy (non-hydrogen) atoms. The van der Waals surface area contributed by atoms with Crippen LogP contribution in [0, 0.1) is 11.3 Å². The van der Waals surface area contributed by atoms with E-state index in [4.69, 9.17) is 4.74 Å². The molecule has 0 amide bonds. The number of halogens is 1. The molecule has 1 saturated carbocycles. The number of hydrogen-bond acceptors (Lipinski definition) is 1. The Morgan fingerprint density at radius 1 is 1.50 bits per heavy atom. The van der Waals surface area contributed by atoms with E-state index in [0.717, 1.165) is 24.5 Å². The van der Waals surface area contributed by atoms with Gasteiger partial charge >= 0.3 is 0 Å². The van der Waals surface area contributed by atoms with Crippen LogP contribution in [-0.4, -0.2) is 18.5 Å². The van der Waals surface area contributed by atoms with E-state index in [0.29, 0.717) is 5.41 Å². The van der Waals surface area contributed by atoms with E-state index in [9.17, 15) is 0 Å². The highest BCUT2D eigenvalue weighted by atomic mass is 79.9. The fraction of sp³-hybridized carbons (Fsp3) is 1.00. The van der Waals surface area contributed by atoms with Gasteiger partial charge in [-0.05, 0) is 25.2 Å². The van der Waals surface area contributed by atoms with Gasteiger partial charge in [-0.25, -0.2) is 0 Å². The van der Waals surface area contributed by atoms with E-state index in [1.165, 1.54) is 19.3 Å². The number of alkyl halides is 1. The molecule has 1 atom stereocenters. The molecule has 0 N–H and O–H groups in total. The molecule has 1 fully saturated rings. The van der Waals surface area contributed by atoms with Crippen molar-refractivity contribution in [2.45, 2.75) is 33.1 Å². The van der Waals surface area contributed by atoms with Crippen molar-refractivity contribution in [1.82, 2.24) is 0 Å². The molecule has 0 saturated heterocycles. The van der Waals surface area contributed by atoms with Crippen molar-refractivity contribution < 1.29 is 4.74 Å². The quantitative estimate of drug-likeness (QED) is 0.642. The predicted octanol–water partition coefficient (Wildman–Crippen LogP) is 3.22. The summed E-state index contributed by atoms with van der Waals surface area (Å²) in [5.41, 5.74) is 0.342. The van der Waals surface area contributed by atoms with Crippen LogP contribution < -0.4 is 0 Å². The average molecular weight is 235 g/mol. The third-order valence-electron chi connectivity index (χ3n) is 2.68. The van der Waals surface area contributed by atoms with Crippen molar-refractivity contribution in [3.63, 3.8) is 0 Å². The summed E-state index contributed by atoms with van der Waals surface area (Å²) in [6.07, 6.45) is 3.96. The van der Waals surface area contributed by atoms with Gasteiger partial charge in [-0.15, -0.1) is 0 Å². The zero-order valence-corrected chi connectivity index (χ0v) is 9.69. The van der Waals surface area contributed by atoms with Crippen molar-refractivity contribution >= 4 is 15.9 Å². The molecule has 0 aliphatic heterocycles. The zero-order valence-electron chi connectivity index (χ0n) is 8.11. The molecule has 0 aromatic rings. The van der Waals surface area contributed by atoms with Crippen LogP contribution in [0.2, 0.25) is 0 Å². The summed E-state index contributed by atoms with van der Waals surface area (Å²) in [6, 6.07) is 0. The van der Waals surface area contributed by atoms with Crippen LogP contribution in [-0.2, 0) is 4.74 Å². The van der Waals surface area contributed by atoms with E-state index in [1.54, 1.807) is 0 Å². The van der Waals surface area contributed by atoms with Crippen molar-refractivity contribution in [3.8, 4) is 0 Å². The Hall–Kier alpha value is 0.440. The molecule has 0 aromatic carbocycles. The second-order valence-electron chi connectivity index (χ2n) is 4.26. The summed E-state index contributed by atoms with van der Waals surface area (Å²) in [5.74, 6) is 0.890. The Kier molecular flexibility index (Phi) is 4.04. The normalized spacial score (nSPS) is 22.2. The van der Waals surface area contributed by atoms with Gasteiger partial charge in [0, 0.05) is 17.4 Å². The summed E-state index contributed by atoms with van der Waals surface area (Å²) < 4.78 is 5.67. The summed E-state index contributed by atoms with van der Waals surface area (Å²) >= 11 is 3.53. The second kappa shape index (κ2) is 4.61. The third kappa shape index (κ3) is 3.44. The van der Waals surface area contributed by atoms with Crippen LogP contribution in [0.4, 0.5) is 0 Å². The van der Waals surface area contributed by atoms with Crippen molar-refractivity contribution in [2.24, 2.45) is 11.3 Å². The summed E-state index contributed by atoms with van der Waals surface area (Å²) in [5, 5.41) is 1.04. The summed E-state index contributed by atoms with van der Waals surface area (Å²) in [6.45, 7) is 6.39. The highest BCUT2D eigenvalue weighted by Gasteiger charge is 2.25. The molecular formula is C10H19BrO. The molecular weight excluding hydrogens is 216 g/mol. The third-order valence-corrected chi connectivity index (χ3v) is 4.03. The number of ether oxygens (including phenoxy) is 1. The smallest absolute Gasteiger partial charge is 0.0527 e. The SMILES string of the molecule is CCC(C)(CBr)COCC1CC1. The lowest BCUT2D eigenvalue weighted by molar-refractivity contribution is 0.0569. The maximum absolute atomic E-state index is 5.67. The van der Waals surface area contributed by atoms with Gasteiger partial charge in [0.25, 0.3) is 0 Å². The Morgan fingerprint density at radius 2 is 2.17 bits per heavy atom. The topological polar surface area (TPSA) is 9.23 Å². The van der Waals surface area contributed by atoms with E-state index in [2.05, 4.69) is 29.8 Å². The average Bonchev–Trinajstić information content (AvgIpc) is 2.88. The van der Waals surface area contributed by atoms with Crippen LogP contribution in [0.3, 0.4) is 0 Å². The van der Waals surface area contributed by atoms with Crippen molar-refractivity contribution in [3.05, 3.63) is 0 Å². The van der Waals surface area contributed by atoms with Gasteiger partial charge in [0.1, 0.15) is 0 Å². The fourth-order valence-electron chi connectivity index (χ4n) is 0.992. The van der Waals surface area contributed by atoms with Gasteiger partial charge in [-0.3, -0.25) is 0 Å². The molecule has 0 bridgehead atoms. The van der Waals surface area contributed by atoms with Gasteiger partial charge in [-0.2, -0.15) is 0 Å². The Balaban J connectivity index is 2.08. The predicted molar refractivity (Wildman–Crippen MR) is 55.7 cm³/mol. The second-order valence-corrected chi connectivity index (χ2v) is 4.82. The standard InChI is InChI=1S/C10H19BrO/c1-3-10(2,7-11)8-12-6-9-4-5-9/h9H,3-8H2,1-2H3. The van der Waals surface area contributed by atoms with E-state index >= 15 is 0 Å². The number of hydrogen-bond donors (Lipinski definition) is 0. The zero-order chi connectivity index (χ0) is 9.03. The van der Waals surface area contributed by atoms with E-state index in [1.807, 2.05) is 0 Å². The minimum absolute atomic E-state index is 0.342. The van der Waals surface area contributed by atoms with Crippen LogP contribution in [0.1, 0.15) is 33.1 Å². The molecule has 72 valence electrons. The molecule has 0 heterocycles. The van der Waals surface area contributed by atoms with E-state index < -0.39 is 0 Å².